The molecule has 1 heterocycles. The van der Waals surface area contributed by atoms with E-state index in [-0.39, 0.29) is 6.54 Å². The highest BCUT2D eigenvalue weighted by Crippen LogP contribution is 2.22. The molecule has 0 radical (unpaired) electrons. The number of fused-ring (bicyclic) bond motifs is 1. The van der Waals surface area contributed by atoms with Gasteiger partial charge in [0.15, 0.2) is 0 Å². The number of rotatable bonds is 3. The minimum atomic E-state index is -0.859. The van der Waals surface area contributed by atoms with Crippen LogP contribution in [0.1, 0.15) is 11.1 Å². The molecule has 2 N–H and O–H groups in total. The number of ether oxygens (including phenoxy) is 1. The lowest BCUT2D eigenvalue weighted by molar-refractivity contribution is -0.134. The van der Waals surface area contributed by atoms with Gasteiger partial charge in [0.05, 0.1) is 13.2 Å². The van der Waals surface area contributed by atoms with Crippen LogP contribution in [-0.4, -0.2) is 17.6 Å². The molecule has 0 bridgehead atoms. The first-order chi connectivity index (χ1) is 6.75. The van der Waals surface area contributed by atoms with E-state index < -0.39 is 5.97 Å². The van der Waals surface area contributed by atoms with Gasteiger partial charge in [-0.15, -0.1) is 0 Å². The molecular formula is C10H11NO3. The van der Waals surface area contributed by atoms with Gasteiger partial charge in [0.25, 0.3) is 0 Å². The largest absolute Gasteiger partial charge is 0.480 e. The monoisotopic (exact) mass is 193 g/mol. The first-order valence-corrected chi connectivity index (χ1v) is 4.41. The molecule has 0 spiro atoms. The quantitative estimate of drug-likeness (QED) is 0.757. The zero-order valence-electron chi connectivity index (χ0n) is 7.62. The summed E-state index contributed by atoms with van der Waals surface area (Å²) in [5.41, 5.74) is 3.16. The van der Waals surface area contributed by atoms with E-state index in [1.54, 1.807) is 0 Å². The van der Waals surface area contributed by atoms with Crippen LogP contribution in [0.25, 0.3) is 0 Å². The molecule has 0 saturated carbocycles. The van der Waals surface area contributed by atoms with E-state index in [9.17, 15) is 4.79 Å². The summed E-state index contributed by atoms with van der Waals surface area (Å²) in [4.78, 5) is 10.3. The van der Waals surface area contributed by atoms with Gasteiger partial charge in [-0.1, -0.05) is 6.07 Å². The Labute approximate surface area is 81.5 Å². The molecule has 4 heteroatoms. The van der Waals surface area contributed by atoms with Gasteiger partial charge in [-0.2, -0.15) is 0 Å². The van der Waals surface area contributed by atoms with Crippen molar-refractivity contribution in [3.05, 3.63) is 29.3 Å². The third kappa shape index (κ3) is 1.85. The molecule has 0 saturated heterocycles. The maximum atomic E-state index is 10.3. The normalized spacial score (nSPS) is 13.7. The van der Waals surface area contributed by atoms with E-state index in [0.29, 0.717) is 13.2 Å². The second kappa shape index (κ2) is 3.67. The summed E-state index contributed by atoms with van der Waals surface area (Å²) in [5, 5.41) is 11.3. The Morgan fingerprint density at radius 2 is 2.21 bits per heavy atom. The molecule has 0 aliphatic carbocycles. The van der Waals surface area contributed by atoms with Crippen LogP contribution in [0.4, 0.5) is 5.69 Å². The van der Waals surface area contributed by atoms with Crippen LogP contribution < -0.4 is 5.32 Å². The number of benzene rings is 1. The third-order valence-corrected chi connectivity index (χ3v) is 2.17. The van der Waals surface area contributed by atoms with E-state index >= 15 is 0 Å². The molecule has 0 atom stereocenters. The summed E-state index contributed by atoms with van der Waals surface area (Å²) in [6.07, 6.45) is 0. The number of anilines is 1. The van der Waals surface area contributed by atoms with Crippen LogP contribution in [0.3, 0.4) is 0 Å². The predicted octanol–water partition coefficient (Wildman–Crippen LogP) is 1.21. The van der Waals surface area contributed by atoms with Crippen molar-refractivity contribution in [3.63, 3.8) is 0 Å². The van der Waals surface area contributed by atoms with Crippen LogP contribution in [0.15, 0.2) is 18.2 Å². The molecule has 1 aliphatic heterocycles. The van der Waals surface area contributed by atoms with Crippen molar-refractivity contribution >= 4 is 11.7 Å². The van der Waals surface area contributed by atoms with Crippen LogP contribution >= 0.6 is 0 Å². The maximum Gasteiger partial charge on any atom is 0.322 e. The zero-order chi connectivity index (χ0) is 9.97. The second-order valence-electron chi connectivity index (χ2n) is 3.22. The second-order valence-corrected chi connectivity index (χ2v) is 3.22. The number of nitrogens with one attached hydrogen (secondary N) is 1. The minimum Gasteiger partial charge on any atom is -0.480 e. The van der Waals surface area contributed by atoms with Crippen molar-refractivity contribution in [1.29, 1.82) is 0 Å². The summed E-state index contributed by atoms with van der Waals surface area (Å²) < 4.78 is 5.25. The van der Waals surface area contributed by atoms with E-state index in [1.807, 2.05) is 18.2 Å². The zero-order valence-corrected chi connectivity index (χ0v) is 7.62. The molecule has 1 aliphatic rings. The van der Waals surface area contributed by atoms with Crippen molar-refractivity contribution in [2.75, 3.05) is 11.9 Å². The third-order valence-electron chi connectivity index (χ3n) is 2.17. The summed E-state index contributed by atoms with van der Waals surface area (Å²) >= 11 is 0. The standard InChI is InChI=1S/C10H11NO3/c12-10(13)4-11-9-2-1-7-5-14-6-8(7)3-9/h1-3,11H,4-6H2,(H,12,13). The van der Waals surface area contributed by atoms with E-state index in [4.69, 9.17) is 9.84 Å². The summed E-state index contributed by atoms with van der Waals surface area (Å²) in [7, 11) is 0. The Hall–Kier alpha value is -1.55. The topological polar surface area (TPSA) is 58.6 Å². The van der Waals surface area contributed by atoms with Crippen molar-refractivity contribution < 1.29 is 14.6 Å². The molecule has 14 heavy (non-hydrogen) atoms. The average Bonchev–Trinajstić information content (AvgIpc) is 2.61. The van der Waals surface area contributed by atoms with Crippen molar-refractivity contribution in [2.45, 2.75) is 13.2 Å². The van der Waals surface area contributed by atoms with Gasteiger partial charge in [-0.25, -0.2) is 0 Å². The van der Waals surface area contributed by atoms with Crippen molar-refractivity contribution in [2.24, 2.45) is 0 Å². The molecule has 0 fully saturated rings. The van der Waals surface area contributed by atoms with Gasteiger partial charge < -0.3 is 15.2 Å². The number of aliphatic carboxylic acids is 1. The number of carbonyl (C=O) groups is 1. The molecule has 2 rings (SSSR count). The van der Waals surface area contributed by atoms with Crippen LogP contribution in [-0.2, 0) is 22.7 Å². The molecule has 1 aromatic carbocycles. The molecule has 4 nitrogen and oxygen atoms in total. The molecule has 0 unspecified atom stereocenters. The Kier molecular flexibility index (Phi) is 2.37. The summed E-state index contributed by atoms with van der Waals surface area (Å²) in [6, 6.07) is 5.77. The average molecular weight is 193 g/mol. The van der Waals surface area contributed by atoms with Gasteiger partial charge in [-0.3, -0.25) is 4.79 Å². The van der Waals surface area contributed by atoms with Gasteiger partial charge in [0.2, 0.25) is 0 Å². The van der Waals surface area contributed by atoms with E-state index in [1.165, 1.54) is 5.56 Å². The maximum absolute atomic E-state index is 10.3. The SMILES string of the molecule is O=C(O)CNc1ccc2c(c1)COC2. The van der Waals surface area contributed by atoms with Gasteiger partial charge in [0, 0.05) is 5.69 Å². The van der Waals surface area contributed by atoms with Gasteiger partial charge in [-0.05, 0) is 23.3 Å². The highest BCUT2D eigenvalue weighted by Gasteiger charge is 2.10. The highest BCUT2D eigenvalue weighted by atomic mass is 16.5. The van der Waals surface area contributed by atoms with Crippen molar-refractivity contribution in [1.82, 2.24) is 0 Å². The Balaban J connectivity index is 2.09. The Morgan fingerprint density at radius 3 is 3.00 bits per heavy atom. The van der Waals surface area contributed by atoms with E-state index in [0.717, 1.165) is 11.3 Å². The molecule has 0 aromatic heterocycles. The fraction of sp³-hybridized carbons (Fsp3) is 0.300. The number of carboxylic acids is 1. The first-order valence-electron chi connectivity index (χ1n) is 4.41. The van der Waals surface area contributed by atoms with Crippen LogP contribution in [0.2, 0.25) is 0 Å². The van der Waals surface area contributed by atoms with Gasteiger partial charge >= 0.3 is 5.97 Å². The van der Waals surface area contributed by atoms with Crippen LogP contribution in [0, 0.1) is 0 Å². The van der Waals surface area contributed by atoms with Crippen LogP contribution in [0.5, 0.6) is 0 Å². The smallest absolute Gasteiger partial charge is 0.322 e. The molecule has 0 amide bonds. The lowest BCUT2D eigenvalue weighted by Crippen LogP contribution is -2.12. The highest BCUT2D eigenvalue weighted by molar-refractivity contribution is 5.72. The first kappa shape index (κ1) is 9.02. The lowest BCUT2D eigenvalue weighted by atomic mass is 10.1. The molecule has 1 aromatic rings. The Morgan fingerprint density at radius 1 is 1.43 bits per heavy atom. The number of hydrogen-bond donors (Lipinski definition) is 2. The number of carboxylic acid groups (broad SMARTS) is 1. The summed E-state index contributed by atoms with van der Waals surface area (Å²) in [6.45, 7) is 1.23. The fourth-order valence-corrected chi connectivity index (χ4v) is 1.46. The number of hydrogen-bond acceptors (Lipinski definition) is 3. The van der Waals surface area contributed by atoms with Gasteiger partial charge in [0.1, 0.15) is 6.54 Å². The molecular weight excluding hydrogens is 182 g/mol. The molecule has 74 valence electrons. The Bertz CT molecular complexity index is 362. The van der Waals surface area contributed by atoms with Crippen molar-refractivity contribution in [3.8, 4) is 0 Å². The van der Waals surface area contributed by atoms with E-state index in [2.05, 4.69) is 5.32 Å². The summed E-state index contributed by atoms with van der Waals surface area (Å²) in [5.74, 6) is -0.859. The lowest BCUT2D eigenvalue weighted by Gasteiger charge is -2.04. The predicted molar refractivity (Wildman–Crippen MR) is 51.1 cm³/mol. The fourth-order valence-electron chi connectivity index (χ4n) is 1.46. The minimum absolute atomic E-state index is 0.0559.